The maximum Gasteiger partial charge on any atom is 0.328 e. The second-order valence-electron chi connectivity index (χ2n) is 5.08. The Balaban J connectivity index is 1.94. The molecule has 2 heterocycles. The Bertz CT molecular complexity index is 852. The summed E-state index contributed by atoms with van der Waals surface area (Å²) < 4.78 is 11.7. The number of hydrogen-bond donors (Lipinski definition) is 1. The number of nitrogens with one attached hydrogen (secondary N) is 1. The fourth-order valence-electron chi connectivity index (χ4n) is 2.40. The van der Waals surface area contributed by atoms with Gasteiger partial charge >= 0.3 is 5.69 Å². The van der Waals surface area contributed by atoms with Crippen molar-refractivity contribution in [1.82, 2.24) is 19.5 Å². The van der Waals surface area contributed by atoms with E-state index in [1.807, 2.05) is 24.3 Å². The predicted octanol–water partition coefficient (Wildman–Crippen LogP) is 1.83. The van der Waals surface area contributed by atoms with Crippen molar-refractivity contribution < 1.29 is 9.47 Å². The molecule has 0 saturated carbocycles. The summed E-state index contributed by atoms with van der Waals surface area (Å²) in [7, 11) is 3.26. The average molecular weight is 314 g/mol. The lowest BCUT2D eigenvalue weighted by Gasteiger charge is -2.04. The maximum absolute atomic E-state index is 12.0. The molecule has 120 valence electrons. The van der Waals surface area contributed by atoms with Gasteiger partial charge in [0.15, 0.2) is 11.3 Å². The summed E-state index contributed by atoms with van der Waals surface area (Å²) in [4.78, 5) is 23.7. The van der Waals surface area contributed by atoms with Gasteiger partial charge in [0.25, 0.3) is 0 Å². The second kappa shape index (κ2) is 6.62. The summed E-state index contributed by atoms with van der Waals surface area (Å²) >= 11 is 0. The molecular weight excluding hydrogens is 296 g/mol. The van der Waals surface area contributed by atoms with Crippen molar-refractivity contribution in [2.45, 2.75) is 13.0 Å². The van der Waals surface area contributed by atoms with E-state index in [2.05, 4.69) is 15.0 Å². The Morgan fingerprint density at radius 2 is 2.00 bits per heavy atom. The molecule has 2 aromatic heterocycles. The van der Waals surface area contributed by atoms with Crippen molar-refractivity contribution in [2.24, 2.45) is 0 Å². The van der Waals surface area contributed by atoms with Crippen LogP contribution in [0.1, 0.15) is 6.42 Å². The highest BCUT2D eigenvalue weighted by atomic mass is 16.5. The molecule has 3 aromatic rings. The van der Waals surface area contributed by atoms with Crippen LogP contribution in [-0.2, 0) is 11.3 Å². The van der Waals surface area contributed by atoms with Gasteiger partial charge in [-0.2, -0.15) is 0 Å². The Hall–Kier alpha value is -2.67. The number of imidazole rings is 1. The zero-order chi connectivity index (χ0) is 16.2. The Kier molecular flexibility index (Phi) is 4.38. The Morgan fingerprint density at radius 3 is 2.70 bits per heavy atom. The van der Waals surface area contributed by atoms with Crippen LogP contribution in [0.15, 0.2) is 35.3 Å². The molecule has 0 aliphatic carbocycles. The number of fused-ring (bicyclic) bond motifs is 1. The first-order valence-corrected chi connectivity index (χ1v) is 7.32. The number of methoxy groups -OCH3 is 2. The first-order chi connectivity index (χ1) is 11.2. The molecule has 7 heteroatoms. The van der Waals surface area contributed by atoms with Crippen molar-refractivity contribution in [3.63, 3.8) is 0 Å². The molecule has 0 fully saturated rings. The molecule has 1 aromatic carbocycles. The number of aromatic amines is 1. The fourth-order valence-corrected chi connectivity index (χ4v) is 2.40. The highest BCUT2D eigenvalue weighted by molar-refractivity contribution is 5.70. The largest absolute Gasteiger partial charge is 0.497 e. The molecule has 0 bridgehead atoms. The van der Waals surface area contributed by atoms with Gasteiger partial charge in [-0.3, -0.25) is 9.55 Å². The van der Waals surface area contributed by atoms with Gasteiger partial charge < -0.3 is 9.47 Å². The lowest BCUT2D eigenvalue weighted by atomic mass is 10.1. The fraction of sp³-hybridized carbons (Fsp3) is 0.312. The minimum atomic E-state index is -0.206. The number of ether oxygens (including phenoxy) is 2. The van der Waals surface area contributed by atoms with Gasteiger partial charge in [0, 0.05) is 25.8 Å². The van der Waals surface area contributed by atoms with Crippen LogP contribution in [0.2, 0.25) is 0 Å². The molecule has 0 atom stereocenters. The molecule has 3 rings (SSSR count). The summed E-state index contributed by atoms with van der Waals surface area (Å²) in [6.45, 7) is 1.14. The number of benzene rings is 1. The summed E-state index contributed by atoms with van der Waals surface area (Å²) in [5, 5.41) is 0. The van der Waals surface area contributed by atoms with E-state index < -0.39 is 0 Å². The topological polar surface area (TPSA) is 82.0 Å². The predicted molar refractivity (Wildman–Crippen MR) is 86.6 cm³/mol. The molecule has 0 unspecified atom stereocenters. The van der Waals surface area contributed by atoms with Crippen LogP contribution in [0.5, 0.6) is 5.75 Å². The Morgan fingerprint density at radius 1 is 1.22 bits per heavy atom. The molecule has 0 saturated heterocycles. The number of aryl methyl sites for hydroxylation is 1. The van der Waals surface area contributed by atoms with Gasteiger partial charge in [-0.05, 0) is 30.7 Å². The molecule has 0 spiro atoms. The first-order valence-electron chi connectivity index (χ1n) is 7.32. The number of H-pyrrole nitrogens is 1. The van der Waals surface area contributed by atoms with Crippen LogP contribution >= 0.6 is 0 Å². The number of rotatable bonds is 6. The number of nitrogens with zero attached hydrogens (tertiary/aromatic N) is 3. The van der Waals surface area contributed by atoms with E-state index in [0.717, 1.165) is 17.7 Å². The van der Waals surface area contributed by atoms with Crippen LogP contribution < -0.4 is 10.4 Å². The van der Waals surface area contributed by atoms with E-state index in [4.69, 9.17) is 9.47 Å². The third-order valence-corrected chi connectivity index (χ3v) is 3.60. The standard InChI is InChI=1S/C16H18N4O3/c1-22-9-3-8-20-15-14(19-16(20)21)18-13(10-17-15)11-4-6-12(23-2)7-5-11/h4-7,10H,3,8-9H2,1-2H3,(H,18,19,21). The lowest BCUT2D eigenvalue weighted by molar-refractivity contribution is 0.190. The van der Waals surface area contributed by atoms with Crippen LogP contribution in [0.25, 0.3) is 22.6 Å². The minimum Gasteiger partial charge on any atom is -0.497 e. The van der Waals surface area contributed by atoms with Crippen molar-refractivity contribution >= 4 is 11.3 Å². The van der Waals surface area contributed by atoms with Gasteiger partial charge in [-0.25, -0.2) is 14.8 Å². The highest BCUT2D eigenvalue weighted by Gasteiger charge is 2.11. The average Bonchev–Trinajstić information content (AvgIpc) is 2.90. The van der Waals surface area contributed by atoms with Crippen molar-refractivity contribution in [2.75, 3.05) is 20.8 Å². The Labute approximate surface area is 132 Å². The van der Waals surface area contributed by atoms with Crippen molar-refractivity contribution in [3.8, 4) is 17.0 Å². The smallest absolute Gasteiger partial charge is 0.328 e. The zero-order valence-corrected chi connectivity index (χ0v) is 13.1. The molecule has 0 radical (unpaired) electrons. The van der Waals surface area contributed by atoms with E-state index >= 15 is 0 Å². The van der Waals surface area contributed by atoms with E-state index in [-0.39, 0.29) is 5.69 Å². The van der Waals surface area contributed by atoms with Gasteiger partial charge in [-0.15, -0.1) is 0 Å². The monoisotopic (exact) mass is 314 g/mol. The molecule has 1 N–H and O–H groups in total. The first kappa shape index (κ1) is 15.2. The number of aromatic nitrogens is 4. The quantitative estimate of drug-likeness (QED) is 0.702. The van der Waals surface area contributed by atoms with E-state index in [9.17, 15) is 4.79 Å². The van der Waals surface area contributed by atoms with Crippen molar-refractivity contribution in [3.05, 3.63) is 40.9 Å². The molecule has 7 nitrogen and oxygen atoms in total. The summed E-state index contributed by atoms with van der Waals surface area (Å²) in [6, 6.07) is 7.53. The van der Waals surface area contributed by atoms with Gasteiger partial charge in [0.1, 0.15) is 5.75 Å². The third kappa shape index (κ3) is 3.09. The number of hydrogen-bond acceptors (Lipinski definition) is 5. The maximum atomic E-state index is 12.0. The van der Waals surface area contributed by atoms with Gasteiger partial charge in [0.2, 0.25) is 0 Å². The molecule has 0 amide bonds. The summed E-state index contributed by atoms with van der Waals surface area (Å²) in [6.07, 6.45) is 2.41. The molecule has 23 heavy (non-hydrogen) atoms. The van der Waals surface area contributed by atoms with Gasteiger partial charge in [-0.1, -0.05) is 0 Å². The summed E-state index contributed by atoms with van der Waals surface area (Å²) in [5.41, 5.74) is 2.45. The van der Waals surface area contributed by atoms with Crippen LogP contribution in [0, 0.1) is 0 Å². The van der Waals surface area contributed by atoms with Crippen LogP contribution in [-0.4, -0.2) is 40.3 Å². The minimum absolute atomic E-state index is 0.206. The molecular formula is C16H18N4O3. The normalized spacial score (nSPS) is 11.0. The van der Waals surface area contributed by atoms with Gasteiger partial charge in [0.05, 0.1) is 19.0 Å². The summed E-state index contributed by atoms with van der Waals surface area (Å²) in [5.74, 6) is 0.778. The van der Waals surface area contributed by atoms with E-state index in [1.165, 1.54) is 0 Å². The highest BCUT2D eigenvalue weighted by Crippen LogP contribution is 2.21. The second-order valence-corrected chi connectivity index (χ2v) is 5.08. The molecule has 0 aliphatic heterocycles. The van der Waals surface area contributed by atoms with Crippen LogP contribution in [0.4, 0.5) is 0 Å². The zero-order valence-electron chi connectivity index (χ0n) is 13.1. The SMILES string of the molecule is COCCCn1c(=O)[nH]c2nc(-c3ccc(OC)cc3)cnc21. The van der Waals surface area contributed by atoms with E-state index in [0.29, 0.717) is 30.1 Å². The lowest BCUT2D eigenvalue weighted by Crippen LogP contribution is -2.17. The van der Waals surface area contributed by atoms with Crippen molar-refractivity contribution in [1.29, 1.82) is 0 Å². The van der Waals surface area contributed by atoms with Crippen LogP contribution in [0.3, 0.4) is 0 Å². The van der Waals surface area contributed by atoms with E-state index in [1.54, 1.807) is 25.0 Å². The third-order valence-electron chi connectivity index (χ3n) is 3.60. The molecule has 0 aliphatic rings.